The Hall–Kier alpha value is -2.53. The minimum absolute atomic E-state index is 0.177. The zero-order chi connectivity index (χ0) is 17.5. The van der Waals surface area contributed by atoms with Crippen molar-refractivity contribution in [2.24, 2.45) is 0 Å². The molecule has 1 heterocycles. The van der Waals surface area contributed by atoms with E-state index in [-0.39, 0.29) is 5.97 Å². The molecule has 0 unspecified atom stereocenters. The highest BCUT2D eigenvalue weighted by molar-refractivity contribution is 7.99. The number of ether oxygens (including phenoxy) is 1. The summed E-state index contributed by atoms with van der Waals surface area (Å²) in [5.41, 5.74) is 4.13. The monoisotopic (exact) mass is 352 g/mol. The third kappa shape index (κ3) is 4.51. The van der Waals surface area contributed by atoms with E-state index in [1.54, 1.807) is 11.8 Å². The van der Waals surface area contributed by atoms with Crippen LogP contribution in [0, 0.1) is 0 Å². The van der Waals surface area contributed by atoms with Crippen molar-refractivity contribution in [1.29, 1.82) is 0 Å². The first-order chi connectivity index (χ1) is 12.3. The molecule has 0 aliphatic rings. The second kappa shape index (κ2) is 8.53. The molecule has 128 valence electrons. The highest BCUT2D eigenvalue weighted by Gasteiger charge is 2.13. The van der Waals surface area contributed by atoms with Crippen molar-refractivity contribution in [3.63, 3.8) is 0 Å². The van der Waals surface area contributed by atoms with E-state index in [0.29, 0.717) is 18.1 Å². The van der Waals surface area contributed by atoms with Crippen molar-refractivity contribution < 1.29 is 9.53 Å². The molecule has 3 rings (SSSR count). The average molecular weight is 352 g/mol. The molecule has 0 saturated heterocycles. The molecular formula is C20H20N2O2S. The minimum atomic E-state index is -0.177. The van der Waals surface area contributed by atoms with Gasteiger partial charge in [0.2, 0.25) is 0 Å². The normalized spacial score (nSPS) is 10.6. The highest BCUT2D eigenvalue weighted by Crippen LogP contribution is 2.26. The summed E-state index contributed by atoms with van der Waals surface area (Å²) >= 11 is 1.54. The second-order valence-electron chi connectivity index (χ2n) is 5.45. The van der Waals surface area contributed by atoms with Crippen LogP contribution >= 0.6 is 11.8 Å². The standard InChI is InChI=1S/C20H20N2O2S/c1-2-24-19(23)15-25-14-17-13-22(18-11-7-4-8-12-18)21-20(17)16-9-5-3-6-10-16/h3-13H,2,14-15H2,1H3. The molecule has 0 saturated carbocycles. The van der Waals surface area contributed by atoms with Gasteiger partial charge in [0.1, 0.15) is 0 Å². The first-order valence-electron chi connectivity index (χ1n) is 8.20. The van der Waals surface area contributed by atoms with Crippen molar-refractivity contribution >= 4 is 17.7 Å². The Balaban J connectivity index is 1.84. The van der Waals surface area contributed by atoms with Crippen LogP contribution < -0.4 is 0 Å². The summed E-state index contributed by atoms with van der Waals surface area (Å²) in [6, 6.07) is 20.1. The minimum Gasteiger partial charge on any atom is -0.465 e. The van der Waals surface area contributed by atoms with Crippen LogP contribution in [-0.2, 0) is 15.3 Å². The Morgan fingerprint density at radius 2 is 1.76 bits per heavy atom. The average Bonchev–Trinajstić information content (AvgIpc) is 3.08. The van der Waals surface area contributed by atoms with Crippen molar-refractivity contribution in [2.45, 2.75) is 12.7 Å². The van der Waals surface area contributed by atoms with Gasteiger partial charge in [-0.2, -0.15) is 5.10 Å². The number of esters is 1. The molecule has 3 aromatic rings. The fraction of sp³-hybridized carbons (Fsp3) is 0.200. The number of carbonyl (C=O) groups is 1. The molecule has 25 heavy (non-hydrogen) atoms. The molecule has 0 fully saturated rings. The van der Waals surface area contributed by atoms with Gasteiger partial charge in [0.15, 0.2) is 0 Å². The maximum Gasteiger partial charge on any atom is 0.315 e. The summed E-state index contributed by atoms with van der Waals surface area (Å²) in [5.74, 6) is 0.873. The molecule has 0 amide bonds. The number of rotatable bonds is 7. The number of thioether (sulfide) groups is 1. The van der Waals surface area contributed by atoms with Gasteiger partial charge in [0, 0.05) is 23.1 Å². The third-order valence-electron chi connectivity index (χ3n) is 3.64. The molecule has 0 radical (unpaired) electrons. The van der Waals surface area contributed by atoms with Crippen LogP contribution in [0.25, 0.3) is 16.9 Å². The number of nitrogens with zero attached hydrogens (tertiary/aromatic N) is 2. The molecule has 0 aliphatic carbocycles. The zero-order valence-electron chi connectivity index (χ0n) is 14.1. The van der Waals surface area contributed by atoms with E-state index in [0.717, 1.165) is 22.5 Å². The zero-order valence-corrected chi connectivity index (χ0v) is 14.9. The van der Waals surface area contributed by atoms with Crippen LogP contribution in [0.4, 0.5) is 0 Å². The van der Waals surface area contributed by atoms with Crippen LogP contribution in [0.15, 0.2) is 66.9 Å². The second-order valence-corrected chi connectivity index (χ2v) is 6.43. The fourth-order valence-electron chi connectivity index (χ4n) is 2.51. The SMILES string of the molecule is CCOC(=O)CSCc1cn(-c2ccccc2)nc1-c1ccccc1. The molecule has 0 bridgehead atoms. The quantitative estimate of drug-likeness (QED) is 0.594. The van der Waals surface area contributed by atoms with Gasteiger partial charge in [-0.25, -0.2) is 4.68 Å². The van der Waals surface area contributed by atoms with Crippen LogP contribution in [0.3, 0.4) is 0 Å². The molecule has 5 heteroatoms. The van der Waals surface area contributed by atoms with Gasteiger partial charge >= 0.3 is 5.97 Å². The Morgan fingerprint density at radius 3 is 2.44 bits per heavy atom. The van der Waals surface area contributed by atoms with E-state index in [1.807, 2.05) is 66.3 Å². The Bertz CT molecular complexity index is 816. The topological polar surface area (TPSA) is 44.1 Å². The van der Waals surface area contributed by atoms with Crippen molar-refractivity contribution in [3.05, 3.63) is 72.4 Å². The van der Waals surface area contributed by atoms with E-state index in [2.05, 4.69) is 12.1 Å². The molecule has 0 spiro atoms. The lowest BCUT2D eigenvalue weighted by Crippen LogP contribution is -2.06. The Kier molecular flexibility index (Phi) is 5.90. The summed E-state index contributed by atoms with van der Waals surface area (Å²) in [6.45, 7) is 2.24. The molecule has 1 aromatic heterocycles. The summed E-state index contributed by atoms with van der Waals surface area (Å²) in [4.78, 5) is 11.6. The van der Waals surface area contributed by atoms with Crippen molar-refractivity contribution in [2.75, 3.05) is 12.4 Å². The van der Waals surface area contributed by atoms with Gasteiger partial charge in [-0.05, 0) is 19.1 Å². The van der Waals surface area contributed by atoms with E-state index in [4.69, 9.17) is 9.84 Å². The number of hydrogen-bond donors (Lipinski definition) is 0. The molecule has 0 atom stereocenters. The Labute approximate surface area is 151 Å². The highest BCUT2D eigenvalue weighted by atomic mass is 32.2. The molecular weight excluding hydrogens is 332 g/mol. The van der Waals surface area contributed by atoms with Gasteiger partial charge in [0.05, 0.1) is 23.7 Å². The molecule has 0 N–H and O–H groups in total. The predicted molar refractivity (Wildman–Crippen MR) is 102 cm³/mol. The summed E-state index contributed by atoms with van der Waals surface area (Å²) in [6.07, 6.45) is 2.04. The molecule has 2 aromatic carbocycles. The number of para-hydroxylation sites is 1. The number of benzene rings is 2. The van der Waals surface area contributed by atoms with Gasteiger partial charge in [0.25, 0.3) is 0 Å². The first-order valence-corrected chi connectivity index (χ1v) is 9.36. The predicted octanol–water partition coefficient (Wildman–Crippen LogP) is 4.34. The maximum absolute atomic E-state index is 11.6. The summed E-state index contributed by atoms with van der Waals surface area (Å²) in [5, 5.41) is 4.77. The van der Waals surface area contributed by atoms with Gasteiger partial charge in [-0.3, -0.25) is 4.79 Å². The lowest BCUT2D eigenvalue weighted by atomic mass is 10.1. The molecule has 0 aliphatic heterocycles. The Morgan fingerprint density at radius 1 is 1.08 bits per heavy atom. The number of aromatic nitrogens is 2. The summed E-state index contributed by atoms with van der Waals surface area (Å²) in [7, 11) is 0. The van der Waals surface area contributed by atoms with E-state index in [9.17, 15) is 4.79 Å². The smallest absolute Gasteiger partial charge is 0.315 e. The lowest BCUT2D eigenvalue weighted by molar-refractivity contribution is -0.139. The third-order valence-corrected chi connectivity index (χ3v) is 4.60. The van der Waals surface area contributed by atoms with Crippen LogP contribution in [-0.4, -0.2) is 28.1 Å². The van der Waals surface area contributed by atoms with E-state index in [1.165, 1.54) is 0 Å². The fourth-order valence-corrected chi connectivity index (χ4v) is 3.30. The number of carbonyl (C=O) groups excluding carboxylic acids is 1. The van der Waals surface area contributed by atoms with Crippen LogP contribution in [0.2, 0.25) is 0 Å². The van der Waals surface area contributed by atoms with Crippen molar-refractivity contribution in [1.82, 2.24) is 9.78 Å². The largest absolute Gasteiger partial charge is 0.465 e. The van der Waals surface area contributed by atoms with E-state index < -0.39 is 0 Å². The van der Waals surface area contributed by atoms with Gasteiger partial charge < -0.3 is 4.74 Å². The van der Waals surface area contributed by atoms with Crippen LogP contribution in [0.1, 0.15) is 12.5 Å². The number of hydrogen-bond acceptors (Lipinski definition) is 4. The van der Waals surface area contributed by atoms with Gasteiger partial charge in [-0.1, -0.05) is 48.5 Å². The van der Waals surface area contributed by atoms with Crippen molar-refractivity contribution in [3.8, 4) is 16.9 Å². The van der Waals surface area contributed by atoms with Gasteiger partial charge in [-0.15, -0.1) is 11.8 Å². The summed E-state index contributed by atoms with van der Waals surface area (Å²) < 4.78 is 6.88. The first kappa shape index (κ1) is 17.3. The molecule has 4 nitrogen and oxygen atoms in total. The lowest BCUT2D eigenvalue weighted by Gasteiger charge is -2.03. The van der Waals surface area contributed by atoms with Crippen LogP contribution in [0.5, 0.6) is 0 Å². The van der Waals surface area contributed by atoms with E-state index >= 15 is 0 Å². The maximum atomic E-state index is 11.6.